The molecular formula is C13H14Cl2N4O. The first-order valence-electron chi connectivity index (χ1n) is 6.17. The first-order chi connectivity index (χ1) is 9.60. The third-order valence-electron chi connectivity index (χ3n) is 2.79. The van der Waals surface area contributed by atoms with E-state index in [0.29, 0.717) is 16.6 Å². The normalized spacial score (nSPS) is 10.6. The van der Waals surface area contributed by atoms with Gasteiger partial charge in [0.25, 0.3) is 0 Å². The number of aryl methyl sites for hydroxylation is 1. The van der Waals surface area contributed by atoms with Crippen LogP contribution in [0.2, 0.25) is 10.0 Å². The molecule has 0 bridgehead atoms. The molecule has 0 spiro atoms. The van der Waals surface area contributed by atoms with E-state index in [-0.39, 0.29) is 12.3 Å². The summed E-state index contributed by atoms with van der Waals surface area (Å²) in [7, 11) is 0. The minimum Gasteiger partial charge on any atom is -0.349 e. The third-order valence-corrected chi connectivity index (χ3v) is 3.53. The molecule has 106 valence electrons. The molecule has 20 heavy (non-hydrogen) atoms. The number of hydrogen-bond donors (Lipinski definition) is 1. The maximum atomic E-state index is 11.9. The summed E-state index contributed by atoms with van der Waals surface area (Å²) in [4.78, 5) is 15.9. The Hall–Kier alpha value is -1.59. The number of nitrogens with zero attached hydrogens (tertiary/aromatic N) is 3. The molecule has 1 amide bonds. The number of hydrogen-bond acceptors (Lipinski definition) is 3. The smallest absolute Gasteiger partial charge is 0.224 e. The van der Waals surface area contributed by atoms with Gasteiger partial charge in [0, 0.05) is 6.54 Å². The van der Waals surface area contributed by atoms with Gasteiger partial charge in [-0.05, 0) is 24.6 Å². The molecule has 5 nitrogen and oxygen atoms in total. The van der Waals surface area contributed by atoms with Crippen LogP contribution in [0.5, 0.6) is 0 Å². The van der Waals surface area contributed by atoms with Crippen LogP contribution in [0.4, 0.5) is 0 Å². The summed E-state index contributed by atoms with van der Waals surface area (Å²) < 4.78 is 1.74. The van der Waals surface area contributed by atoms with Crippen molar-refractivity contribution in [1.29, 1.82) is 0 Å². The van der Waals surface area contributed by atoms with Crippen LogP contribution in [0.3, 0.4) is 0 Å². The van der Waals surface area contributed by atoms with Gasteiger partial charge in [-0.1, -0.05) is 29.3 Å². The fourth-order valence-corrected chi connectivity index (χ4v) is 2.08. The van der Waals surface area contributed by atoms with Gasteiger partial charge in [-0.2, -0.15) is 5.10 Å². The Morgan fingerprint density at radius 1 is 1.35 bits per heavy atom. The van der Waals surface area contributed by atoms with Crippen LogP contribution >= 0.6 is 23.2 Å². The summed E-state index contributed by atoms with van der Waals surface area (Å²) in [6.07, 6.45) is 1.72. The van der Waals surface area contributed by atoms with E-state index in [4.69, 9.17) is 23.2 Å². The number of carbonyl (C=O) groups is 1. The molecule has 2 rings (SSSR count). The first-order valence-corrected chi connectivity index (χ1v) is 6.93. The monoisotopic (exact) mass is 312 g/mol. The average molecular weight is 313 g/mol. The van der Waals surface area contributed by atoms with Gasteiger partial charge in [0.1, 0.15) is 12.2 Å². The highest BCUT2D eigenvalue weighted by atomic mass is 35.5. The highest BCUT2D eigenvalue weighted by Crippen LogP contribution is 2.22. The largest absolute Gasteiger partial charge is 0.349 e. The number of benzene rings is 1. The summed E-state index contributed by atoms with van der Waals surface area (Å²) in [6.45, 7) is 3.04. The van der Waals surface area contributed by atoms with E-state index < -0.39 is 0 Å². The van der Waals surface area contributed by atoms with Crippen LogP contribution in [0.25, 0.3) is 0 Å². The van der Waals surface area contributed by atoms with Crippen LogP contribution in [-0.4, -0.2) is 20.7 Å². The van der Waals surface area contributed by atoms with Crippen molar-refractivity contribution in [3.8, 4) is 0 Å². The fraction of sp³-hybridized carbons (Fsp3) is 0.308. The molecule has 1 heterocycles. The predicted molar refractivity (Wildman–Crippen MR) is 77.7 cm³/mol. The van der Waals surface area contributed by atoms with Crippen molar-refractivity contribution < 1.29 is 4.79 Å². The Kier molecular flexibility index (Phi) is 4.98. The van der Waals surface area contributed by atoms with E-state index >= 15 is 0 Å². The predicted octanol–water partition coefficient (Wildman–Crippen LogP) is 2.46. The highest BCUT2D eigenvalue weighted by Gasteiger charge is 2.08. The maximum Gasteiger partial charge on any atom is 0.224 e. The molecule has 0 aliphatic rings. The lowest BCUT2D eigenvalue weighted by atomic mass is 10.1. The molecular weight excluding hydrogens is 299 g/mol. The molecule has 1 aromatic heterocycles. The molecule has 0 aliphatic carbocycles. The maximum absolute atomic E-state index is 11.9. The Bertz CT molecular complexity index is 612. The summed E-state index contributed by atoms with van der Waals surface area (Å²) in [5, 5.41) is 7.77. The van der Waals surface area contributed by atoms with E-state index in [9.17, 15) is 4.79 Å². The van der Waals surface area contributed by atoms with Crippen molar-refractivity contribution in [3.63, 3.8) is 0 Å². The number of carbonyl (C=O) groups excluding carboxylic acids is 1. The van der Waals surface area contributed by atoms with Crippen LogP contribution < -0.4 is 5.32 Å². The second-order valence-electron chi connectivity index (χ2n) is 4.19. The van der Waals surface area contributed by atoms with Crippen LogP contribution in [0.15, 0.2) is 24.5 Å². The summed E-state index contributed by atoms with van der Waals surface area (Å²) in [6, 6.07) is 5.15. The third kappa shape index (κ3) is 3.71. The summed E-state index contributed by atoms with van der Waals surface area (Å²) in [5.41, 5.74) is 0.814. The first kappa shape index (κ1) is 14.8. The SMILES string of the molecule is CCn1ncnc1CNC(=O)Cc1ccc(Cl)c(Cl)c1. The minimum atomic E-state index is -0.103. The molecule has 0 unspecified atom stereocenters. The van der Waals surface area contributed by atoms with Crippen LogP contribution in [-0.2, 0) is 24.3 Å². The van der Waals surface area contributed by atoms with Gasteiger partial charge in [0.2, 0.25) is 5.91 Å². The van der Waals surface area contributed by atoms with Crippen LogP contribution in [0, 0.1) is 0 Å². The van der Waals surface area contributed by atoms with Crippen molar-refractivity contribution in [1.82, 2.24) is 20.1 Å². The quantitative estimate of drug-likeness (QED) is 0.922. The standard InChI is InChI=1S/C13H14Cl2N4O/c1-2-19-12(17-8-18-19)7-16-13(20)6-9-3-4-10(14)11(15)5-9/h3-5,8H,2,6-7H2,1H3,(H,16,20). The van der Waals surface area contributed by atoms with Gasteiger partial charge in [-0.15, -0.1) is 0 Å². The van der Waals surface area contributed by atoms with Crippen molar-refractivity contribution in [2.45, 2.75) is 26.4 Å². The number of nitrogens with one attached hydrogen (secondary N) is 1. The zero-order valence-electron chi connectivity index (χ0n) is 10.9. The van der Waals surface area contributed by atoms with E-state index in [0.717, 1.165) is 17.9 Å². The van der Waals surface area contributed by atoms with Gasteiger partial charge in [0.15, 0.2) is 0 Å². The van der Waals surface area contributed by atoms with Crippen molar-refractivity contribution >= 4 is 29.1 Å². The van der Waals surface area contributed by atoms with Crippen molar-refractivity contribution in [3.05, 3.63) is 46.0 Å². The topological polar surface area (TPSA) is 59.8 Å². The molecule has 0 saturated carbocycles. The summed E-state index contributed by atoms with van der Waals surface area (Å²) in [5.74, 6) is 0.629. The fourth-order valence-electron chi connectivity index (χ4n) is 1.76. The lowest BCUT2D eigenvalue weighted by Gasteiger charge is -2.06. The van der Waals surface area contributed by atoms with Crippen molar-refractivity contribution in [2.75, 3.05) is 0 Å². The van der Waals surface area contributed by atoms with Gasteiger partial charge in [-0.25, -0.2) is 9.67 Å². The Morgan fingerprint density at radius 3 is 2.85 bits per heavy atom. The summed E-state index contributed by atoms with van der Waals surface area (Å²) >= 11 is 11.7. The lowest BCUT2D eigenvalue weighted by Crippen LogP contribution is -2.26. The lowest BCUT2D eigenvalue weighted by molar-refractivity contribution is -0.120. The van der Waals surface area contributed by atoms with Gasteiger partial charge >= 0.3 is 0 Å². The second-order valence-corrected chi connectivity index (χ2v) is 5.01. The van der Waals surface area contributed by atoms with E-state index in [2.05, 4.69) is 15.4 Å². The van der Waals surface area contributed by atoms with Crippen molar-refractivity contribution in [2.24, 2.45) is 0 Å². The molecule has 0 aliphatic heterocycles. The molecule has 0 atom stereocenters. The Morgan fingerprint density at radius 2 is 2.15 bits per heavy atom. The number of rotatable bonds is 5. The number of amides is 1. The second kappa shape index (κ2) is 6.72. The van der Waals surface area contributed by atoms with Gasteiger partial charge in [0.05, 0.1) is 23.0 Å². The zero-order valence-corrected chi connectivity index (χ0v) is 12.4. The van der Waals surface area contributed by atoms with Gasteiger partial charge < -0.3 is 5.32 Å². The highest BCUT2D eigenvalue weighted by molar-refractivity contribution is 6.42. The van der Waals surface area contributed by atoms with E-state index in [1.165, 1.54) is 6.33 Å². The molecule has 1 aromatic carbocycles. The average Bonchev–Trinajstić information content (AvgIpc) is 2.88. The molecule has 7 heteroatoms. The van der Waals surface area contributed by atoms with E-state index in [1.54, 1.807) is 22.9 Å². The molecule has 1 N–H and O–H groups in total. The van der Waals surface area contributed by atoms with Gasteiger partial charge in [-0.3, -0.25) is 4.79 Å². The van der Waals surface area contributed by atoms with E-state index in [1.807, 2.05) is 6.92 Å². The zero-order chi connectivity index (χ0) is 14.5. The Labute approximate surface area is 126 Å². The number of aromatic nitrogens is 3. The molecule has 0 radical (unpaired) electrons. The molecule has 2 aromatic rings. The molecule has 0 saturated heterocycles. The molecule has 0 fully saturated rings. The number of halogens is 2. The minimum absolute atomic E-state index is 0.103. The Balaban J connectivity index is 1.91. The van der Waals surface area contributed by atoms with Crippen LogP contribution in [0.1, 0.15) is 18.3 Å².